The summed E-state index contributed by atoms with van der Waals surface area (Å²) in [6.45, 7) is 8.30. The molecule has 0 heterocycles. The van der Waals surface area contributed by atoms with E-state index < -0.39 is 15.9 Å². The number of rotatable bonds is 6. The van der Waals surface area contributed by atoms with Gasteiger partial charge in [0.05, 0.1) is 10.6 Å². The molecule has 0 saturated heterocycles. The van der Waals surface area contributed by atoms with Gasteiger partial charge < -0.3 is 0 Å². The lowest BCUT2D eigenvalue weighted by Crippen LogP contribution is -2.40. The van der Waals surface area contributed by atoms with Crippen molar-refractivity contribution in [2.75, 3.05) is 10.8 Å². The van der Waals surface area contributed by atoms with E-state index in [4.69, 9.17) is 0 Å². The van der Waals surface area contributed by atoms with E-state index in [0.29, 0.717) is 11.6 Å². The van der Waals surface area contributed by atoms with Crippen LogP contribution < -0.4 is 9.73 Å². The number of halogens is 1. The van der Waals surface area contributed by atoms with Gasteiger partial charge in [-0.3, -0.25) is 9.10 Å². The number of amides is 1. The zero-order chi connectivity index (χ0) is 24.2. The van der Waals surface area contributed by atoms with E-state index in [1.165, 1.54) is 0 Å². The minimum atomic E-state index is -3.95. The predicted octanol–water partition coefficient (Wildman–Crippen LogP) is 5.66. The third-order valence-corrected chi connectivity index (χ3v) is 8.40. The van der Waals surface area contributed by atoms with Crippen molar-refractivity contribution in [3.05, 3.63) is 58.6 Å². The molecule has 0 aliphatic heterocycles. The number of carbonyl (C=O) groups is 1. The minimum Gasteiger partial charge on any atom is -0.271 e. The number of hydrogen-bond acceptors (Lipinski definition) is 4. The first-order valence-corrected chi connectivity index (χ1v) is 13.4. The van der Waals surface area contributed by atoms with Gasteiger partial charge in [0.15, 0.2) is 0 Å². The molecule has 178 valence electrons. The van der Waals surface area contributed by atoms with Crippen molar-refractivity contribution in [3.63, 3.8) is 0 Å². The third kappa shape index (κ3) is 6.67. The number of nitrogens with zero attached hydrogens (tertiary/aromatic N) is 2. The molecule has 1 fully saturated rings. The summed E-state index contributed by atoms with van der Waals surface area (Å²) < 4.78 is 28.7. The molecule has 3 rings (SSSR count). The Morgan fingerprint density at radius 1 is 1.12 bits per heavy atom. The van der Waals surface area contributed by atoms with Crippen molar-refractivity contribution >= 4 is 43.3 Å². The highest BCUT2D eigenvalue weighted by atomic mass is 79.9. The highest BCUT2D eigenvalue weighted by Gasteiger charge is 2.29. The van der Waals surface area contributed by atoms with Crippen LogP contribution in [-0.4, -0.2) is 26.6 Å². The van der Waals surface area contributed by atoms with Crippen LogP contribution in [0.3, 0.4) is 0 Å². The van der Waals surface area contributed by atoms with Gasteiger partial charge in [-0.15, -0.1) is 0 Å². The van der Waals surface area contributed by atoms with Crippen LogP contribution in [-0.2, 0) is 14.8 Å². The molecule has 1 N–H and O–H groups in total. The van der Waals surface area contributed by atoms with E-state index in [1.54, 1.807) is 48.5 Å². The number of aryl methyl sites for hydroxylation is 1. The van der Waals surface area contributed by atoms with Crippen molar-refractivity contribution in [1.29, 1.82) is 0 Å². The van der Waals surface area contributed by atoms with Gasteiger partial charge in [0.25, 0.3) is 15.9 Å². The second kappa shape index (κ2) is 10.4. The van der Waals surface area contributed by atoms with Crippen molar-refractivity contribution < 1.29 is 13.2 Å². The highest BCUT2D eigenvalue weighted by molar-refractivity contribution is 9.10. The summed E-state index contributed by atoms with van der Waals surface area (Å²) in [4.78, 5) is 12.9. The van der Waals surface area contributed by atoms with E-state index in [1.807, 2.05) is 6.92 Å². The Hall–Kier alpha value is -2.19. The summed E-state index contributed by atoms with van der Waals surface area (Å²) in [5.41, 5.74) is 5.17. The van der Waals surface area contributed by atoms with Crippen molar-refractivity contribution in [2.24, 2.45) is 16.4 Å². The van der Waals surface area contributed by atoms with Crippen molar-refractivity contribution in [2.45, 2.75) is 58.3 Å². The molecule has 0 aromatic heterocycles. The largest absolute Gasteiger partial charge is 0.271 e. The van der Waals surface area contributed by atoms with Gasteiger partial charge in [-0.2, -0.15) is 5.10 Å². The topological polar surface area (TPSA) is 78.8 Å². The Labute approximate surface area is 205 Å². The molecule has 33 heavy (non-hydrogen) atoms. The first kappa shape index (κ1) is 25.4. The molecule has 1 amide bonds. The van der Waals surface area contributed by atoms with Gasteiger partial charge in [0.1, 0.15) is 6.54 Å². The molecule has 6 nitrogen and oxygen atoms in total. The maximum atomic E-state index is 13.4. The summed E-state index contributed by atoms with van der Waals surface area (Å²) in [5, 5.41) is 4.32. The van der Waals surface area contributed by atoms with Crippen LogP contribution in [0.25, 0.3) is 0 Å². The molecule has 1 saturated carbocycles. The van der Waals surface area contributed by atoms with Crippen LogP contribution in [0.5, 0.6) is 0 Å². The van der Waals surface area contributed by atoms with Gasteiger partial charge in [0, 0.05) is 10.2 Å². The lowest BCUT2D eigenvalue weighted by atomic mass is 9.72. The minimum absolute atomic E-state index is 0.132. The van der Waals surface area contributed by atoms with E-state index in [9.17, 15) is 13.2 Å². The van der Waals surface area contributed by atoms with Gasteiger partial charge >= 0.3 is 0 Å². The quantitative estimate of drug-likeness (QED) is 0.486. The van der Waals surface area contributed by atoms with E-state index in [2.05, 4.69) is 47.2 Å². The number of sulfonamides is 1. The number of hydrazone groups is 1. The van der Waals surface area contributed by atoms with Gasteiger partial charge in [-0.1, -0.05) is 60.5 Å². The zero-order valence-corrected chi connectivity index (χ0v) is 22.0. The fourth-order valence-electron chi connectivity index (χ4n) is 4.02. The SMILES string of the molecule is Cc1ccc(S(=O)(=O)N(CC(=O)NN=C2CCC(C(C)(C)C)CC2)c2cccc(Br)c2)cc1. The normalized spacial score (nSPS) is 16.9. The van der Waals surface area contributed by atoms with Crippen molar-refractivity contribution in [3.8, 4) is 0 Å². The average molecular weight is 535 g/mol. The second-order valence-corrected chi connectivity index (χ2v) is 12.4. The Kier molecular flexibility index (Phi) is 8.00. The lowest BCUT2D eigenvalue weighted by molar-refractivity contribution is -0.119. The number of hydrogen-bond donors (Lipinski definition) is 1. The molecule has 2 aromatic carbocycles. The molecule has 0 bridgehead atoms. The summed E-state index contributed by atoms with van der Waals surface area (Å²) in [7, 11) is -3.95. The number of benzene rings is 2. The molecule has 0 atom stereocenters. The third-order valence-electron chi connectivity index (χ3n) is 6.12. The van der Waals surface area contributed by atoms with E-state index in [0.717, 1.165) is 45.7 Å². The smallest absolute Gasteiger partial charge is 0.264 e. The first-order chi connectivity index (χ1) is 15.5. The number of carbonyl (C=O) groups excluding carboxylic acids is 1. The maximum Gasteiger partial charge on any atom is 0.264 e. The van der Waals surface area contributed by atoms with Gasteiger partial charge in [0.2, 0.25) is 0 Å². The molecule has 1 aliphatic carbocycles. The molecular weight excluding hydrogens is 502 g/mol. The van der Waals surface area contributed by atoms with Crippen LogP contribution in [0.2, 0.25) is 0 Å². The highest BCUT2D eigenvalue weighted by Crippen LogP contribution is 2.36. The van der Waals surface area contributed by atoms with Crippen LogP contribution in [0.4, 0.5) is 5.69 Å². The van der Waals surface area contributed by atoms with E-state index in [-0.39, 0.29) is 16.9 Å². The van der Waals surface area contributed by atoms with Crippen LogP contribution in [0.1, 0.15) is 52.0 Å². The standard InChI is InChI=1S/C25H32BrN3O3S/c1-18-8-14-23(15-9-18)33(31,32)29(22-7-5-6-20(26)16-22)17-24(30)28-27-21-12-10-19(11-13-21)25(2,3)4/h5-9,14-16,19H,10-13,17H2,1-4H3,(H,28,30). The van der Waals surface area contributed by atoms with Crippen LogP contribution in [0.15, 0.2) is 63.0 Å². The van der Waals surface area contributed by atoms with E-state index >= 15 is 0 Å². The summed E-state index contributed by atoms with van der Waals surface area (Å²) in [5.74, 6) is 0.162. The lowest BCUT2D eigenvalue weighted by Gasteiger charge is -2.34. The summed E-state index contributed by atoms with van der Waals surface area (Å²) >= 11 is 3.39. The number of nitrogens with one attached hydrogen (secondary N) is 1. The Morgan fingerprint density at radius 2 is 1.76 bits per heavy atom. The number of anilines is 1. The molecule has 0 spiro atoms. The first-order valence-electron chi connectivity index (χ1n) is 11.2. The molecule has 0 unspecified atom stereocenters. The van der Waals surface area contributed by atoms with Crippen LogP contribution in [0, 0.1) is 18.3 Å². The fraction of sp³-hybridized carbons (Fsp3) is 0.440. The van der Waals surface area contributed by atoms with Gasteiger partial charge in [-0.05, 0) is 74.3 Å². The fourth-order valence-corrected chi connectivity index (χ4v) is 5.82. The van der Waals surface area contributed by atoms with Crippen molar-refractivity contribution in [1.82, 2.24) is 5.43 Å². The Morgan fingerprint density at radius 3 is 2.33 bits per heavy atom. The second-order valence-electron chi connectivity index (χ2n) is 9.66. The average Bonchev–Trinajstić information content (AvgIpc) is 2.76. The predicted molar refractivity (Wildman–Crippen MR) is 137 cm³/mol. The maximum absolute atomic E-state index is 13.4. The molecular formula is C25H32BrN3O3S. The van der Waals surface area contributed by atoms with Crippen LogP contribution >= 0.6 is 15.9 Å². The molecule has 0 radical (unpaired) electrons. The summed E-state index contributed by atoms with van der Waals surface area (Å²) in [6, 6.07) is 13.5. The monoisotopic (exact) mass is 533 g/mol. The Balaban J connectivity index is 1.77. The molecule has 1 aliphatic rings. The Bertz CT molecular complexity index is 1110. The molecule has 8 heteroatoms. The molecule has 2 aromatic rings. The van der Waals surface area contributed by atoms with Gasteiger partial charge in [-0.25, -0.2) is 13.8 Å². The zero-order valence-electron chi connectivity index (χ0n) is 19.6. The summed E-state index contributed by atoms with van der Waals surface area (Å²) in [6.07, 6.45) is 3.78.